The lowest BCUT2D eigenvalue weighted by atomic mass is 10.1. The molecule has 1 aromatic carbocycles. The second-order valence-corrected chi connectivity index (χ2v) is 5.71. The average molecular weight is 277 g/mol. The molecule has 0 bridgehead atoms. The van der Waals surface area contributed by atoms with Gasteiger partial charge in [0.15, 0.2) is 5.12 Å². The first-order valence-corrected chi connectivity index (χ1v) is 7.17. The minimum absolute atomic E-state index is 0.00607. The highest BCUT2D eigenvalue weighted by Crippen LogP contribution is 2.26. The van der Waals surface area contributed by atoms with E-state index in [9.17, 15) is 14.4 Å². The van der Waals surface area contributed by atoms with Crippen LogP contribution in [0.1, 0.15) is 41.0 Å². The van der Waals surface area contributed by atoms with Gasteiger partial charge in [-0.05, 0) is 24.8 Å². The molecule has 1 aliphatic rings. The number of hydrogen-bond donors (Lipinski definition) is 0. The number of nitrogens with zero attached hydrogens (tertiary/aromatic N) is 1. The second kappa shape index (κ2) is 5.57. The maximum absolute atomic E-state index is 12.2. The topological polar surface area (TPSA) is 54.5 Å². The van der Waals surface area contributed by atoms with Crippen molar-refractivity contribution in [1.82, 2.24) is 4.90 Å². The lowest BCUT2D eigenvalue weighted by molar-refractivity contribution is -0.111. The molecule has 4 nitrogen and oxygen atoms in total. The van der Waals surface area contributed by atoms with Gasteiger partial charge in [-0.25, -0.2) is 0 Å². The SMILES string of the molecule is CCSC(=O)C[C@@H](C)N1C(=O)c2ccccc2C1=O. The Morgan fingerprint density at radius 2 is 1.74 bits per heavy atom. The van der Waals surface area contributed by atoms with Crippen LogP contribution in [0.15, 0.2) is 24.3 Å². The average Bonchev–Trinajstić information content (AvgIpc) is 2.63. The number of rotatable bonds is 4. The monoisotopic (exact) mass is 277 g/mol. The molecule has 0 spiro atoms. The number of fused-ring (bicyclic) bond motifs is 1. The number of amides is 2. The predicted molar refractivity (Wildman–Crippen MR) is 74.2 cm³/mol. The van der Waals surface area contributed by atoms with E-state index in [4.69, 9.17) is 0 Å². The summed E-state index contributed by atoms with van der Waals surface area (Å²) in [5, 5.41) is 0.00607. The smallest absolute Gasteiger partial charge is 0.261 e. The molecular weight excluding hydrogens is 262 g/mol. The molecule has 2 amide bonds. The summed E-state index contributed by atoms with van der Waals surface area (Å²) in [7, 11) is 0. The Bertz CT molecular complexity index is 506. The van der Waals surface area contributed by atoms with E-state index >= 15 is 0 Å². The molecule has 0 aromatic heterocycles. The van der Waals surface area contributed by atoms with Crippen LogP contribution in [0.3, 0.4) is 0 Å². The lowest BCUT2D eigenvalue weighted by Crippen LogP contribution is -2.38. The first-order chi connectivity index (χ1) is 9.06. The summed E-state index contributed by atoms with van der Waals surface area (Å²) in [6, 6.07) is 6.35. The van der Waals surface area contributed by atoms with Crippen molar-refractivity contribution in [3.05, 3.63) is 35.4 Å². The molecule has 5 heteroatoms. The van der Waals surface area contributed by atoms with Crippen molar-refractivity contribution in [3.8, 4) is 0 Å². The third kappa shape index (κ3) is 2.56. The summed E-state index contributed by atoms with van der Waals surface area (Å²) in [6.07, 6.45) is 0.198. The molecule has 0 saturated heterocycles. The van der Waals surface area contributed by atoms with Crippen molar-refractivity contribution in [1.29, 1.82) is 0 Å². The van der Waals surface area contributed by atoms with Crippen LogP contribution in [0.5, 0.6) is 0 Å². The Morgan fingerprint density at radius 3 is 2.21 bits per heavy atom. The van der Waals surface area contributed by atoms with E-state index in [0.29, 0.717) is 16.9 Å². The fraction of sp³-hybridized carbons (Fsp3) is 0.357. The molecule has 0 fully saturated rings. The Morgan fingerprint density at radius 1 is 1.21 bits per heavy atom. The Labute approximate surface area is 116 Å². The van der Waals surface area contributed by atoms with Gasteiger partial charge in [0.1, 0.15) is 0 Å². The van der Waals surface area contributed by atoms with Crippen molar-refractivity contribution in [3.63, 3.8) is 0 Å². The van der Waals surface area contributed by atoms with E-state index in [-0.39, 0.29) is 23.4 Å². The molecule has 1 heterocycles. The third-order valence-electron chi connectivity index (χ3n) is 3.03. The van der Waals surface area contributed by atoms with Crippen LogP contribution in [0.25, 0.3) is 0 Å². The largest absolute Gasteiger partial charge is 0.287 e. The van der Waals surface area contributed by atoms with Gasteiger partial charge in [-0.1, -0.05) is 30.8 Å². The van der Waals surface area contributed by atoms with Gasteiger partial charge in [-0.2, -0.15) is 0 Å². The van der Waals surface area contributed by atoms with E-state index in [0.717, 1.165) is 0 Å². The number of carbonyl (C=O) groups excluding carboxylic acids is 3. The minimum Gasteiger partial charge on any atom is -0.287 e. The van der Waals surface area contributed by atoms with Gasteiger partial charge in [0.2, 0.25) is 0 Å². The van der Waals surface area contributed by atoms with Gasteiger partial charge >= 0.3 is 0 Å². The zero-order valence-corrected chi connectivity index (χ0v) is 11.7. The minimum atomic E-state index is -0.404. The number of carbonyl (C=O) groups is 3. The predicted octanol–water partition coefficient (Wildman–Crippen LogP) is 2.34. The molecular formula is C14H15NO3S. The molecule has 0 aliphatic carbocycles. The van der Waals surface area contributed by atoms with Gasteiger partial charge in [-0.15, -0.1) is 0 Å². The maximum Gasteiger partial charge on any atom is 0.261 e. The van der Waals surface area contributed by atoms with Crippen LogP contribution >= 0.6 is 11.8 Å². The zero-order valence-electron chi connectivity index (χ0n) is 10.9. The molecule has 0 saturated carbocycles. The van der Waals surface area contributed by atoms with Crippen LogP contribution in [-0.4, -0.2) is 33.6 Å². The standard InChI is InChI=1S/C14H15NO3S/c1-3-19-12(16)8-9(2)15-13(17)10-6-4-5-7-11(10)14(15)18/h4-7,9H,3,8H2,1-2H3/t9-/m1/s1. The van der Waals surface area contributed by atoms with Crippen molar-refractivity contribution < 1.29 is 14.4 Å². The Hall–Kier alpha value is -1.62. The van der Waals surface area contributed by atoms with Crippen molar-refractivity contribution in [2.24, 2.45) is 0 Å². The quantitative estimate of drug-likeness (QED) is 0.793. The number of hydrogen-bond acceptors (Lipinski definition) is 4. The molecule has 1 atom stereocenters. The van der Waals surface area contributed by atoms with Crippen molar-refractivity contribution >= 4 is 28.7 Å². The zero-order chi connectivity index (χ0) is 14.0. The molecule has 1 aromatic rings. The number of thioether (sulfide) groups is 1. The van der Waals surface area contributed by atoms with Crippen LogP contribution in [0.4, 0.5) is 0 Å². The van der Waals surface area contributed by atoms with Gasteiger partial charge in [-0.3, -0.25) is 19.3 Å². The summed E-state index contributed by atoms with van der Waals surface area (Å²) >= 11 is 1.22. The summed E-state index contributed by atoms with van der Waals surface area (Å²) in [5.74, 6) is 0.0954. The normalized spacial score (nSPS) is 15.6. The number of benzene rings is 1. The van der Waals surface area contributed by atoms with Gasteiger partial charge in [0.05, 0.1) is 11.1 Å². The lowest BCUT2D eigenvalue weighted by Gasteiger charge is -2.21. The molecule has 19 heavy (non-hydrogen) atoms. The van der Waals surface area contributed by atoms with E-state index < -0.39 is 6.04 Å². The maximum atomic E-state index is 12.2. The molecule has 0 N–H and O–H groups in total. The molecule has 0 unspecified atom stereocenters. The van der Waals surface area contributed by atoms with Crippen LogP contribution in [0.2, 0.25) is 0 Å². The molecule has 1 aliphatic heterocycles. The summed E-state index contributed by atoms with van der Waals surface area (Å²) < 4.78 is 0. The second-order valence-electron chi connectivity index (χ2n) is 4.38. The van der Waals surface area contributed by atoms with Crippen LogP contribution < -0.4 is 0 Å². The van der Waals surface area contributed by atoms with Gasteiger partial charge in [0, 0.05) is 12.5 Å². The van der Waals surface area contributed by atoms with E-state index in [1.54, 1.807) is 31.2 Å². The fourth-order valence-corrected chi connectivity index (χ4v) is 2.84. The molecule has 0 radical (unpaired) electrons. The first kappa shape index (κ1) is 13.8. The van der Waals surface area contributed by atoms with Gasteiger partial charge in [0.25, 0.3) is 11.8 Å². The van der Waals surface area contributed by atoms with Crippen molar-refractivity contribution in [2.45, 2.75) is 26.3 Å². The highest BCUT2D eigenvalue weighted by atomic mass is 32.2. The Kier molecular flexibility index (Phi) is 4.04. The van der Waals surface area contributed by atoms with E-state index in [1.165, 1.54) is 16.7 Å². The van der Waals surface area contributed by atoms with Gasteiger partial charge < -0.3 is 0 Å². The summed E-state index contributed by atoms with van der Waals surface area (Å²) in [5.41, 5.74) is 0.852. The van der Waals surface area contributed by atoms with Crippen LogP contribution in [0, 0.1) is 0 Å². The molecule has 100 valence electrons. The summed E-state index contributed by atoms with van der Waals surface area (Å²) in [6.45, 7) is 3.63. The fourth-order valence-electron chi connectivity index (χ4n) is 2.16. The first-order valence-electron chi connectivity index (χ1n) is 6.18. The van der Waals surface area contributed by atoms with Crippen molar-refractivity contribution in [2.75, 3.05) is 5.75 Å². The highest BCUT2D eigenvalue weighted by molar-refractivity contribution is 8.13. The van der Waals surface area contributed by atoms with E-state index in [2.05, 4.69) is 0 Å². The highest BCUT2D eigenvalue weighted by Gasteiger charge is 2.38. The Balaban J connectivity index is 2.17. The van der Waals surface area contributed by atoms with Crippen LogP contribution in [-0.2, 0) is 4.79 Å². The summed E-state index contributed by atoms with van der Waals surface area (Å²) in [4.78, 5) is 37.2. The van der Waals surface area contributed by atoms with E-state index in [1.807, 2.05) is 6.92 Å². The third-order valence-corrected chi connectivity index (χ3v) is 3.81. The number of imide groups is 1. The molecule has 2 rings (SSSR count).